The number of amides is 1. The number of nitrogens with zero attached hydrogens (tertiary/aromatic N) is 1. The van der Waals surface area contributed by atoms with Gasteiger partial charge in [-0.1, -0.05) is 31.4 Å². The van der Waals surface area contributed by atoms with Crippen LogP contribution in [0.5, 0.6) is 0 Å². The molecule has 1 aromatic rings. The molecule has 5 nitrogen and oxygen atoms in total. The number of aromatic nitrogens is 1. The zero-order valence-electron chi connectivity index (χ0n) is 11.2. The van der Waals surface area contributed by atoms with E-state index in [1.807, 2.05) is 6.92 Å². The summed E-state index contributed by atoms with van der Waals surface area (Å²) in [6.07, 6.45) is 5.48. The van der Waals surface area contributed by atoms with Crippen LogP contribution in [0.2, 0.25) is 5.02 Å². The van der Waals surface area contributed by atoms with Crippen molar-refractivity contribution in [3.8, 4) is 0 Å². The molecule has 0 bridgehead atoms. The van der Waals surface area contributed by atoms with Crippen LogP contribution in [0.1, 0.15) is 43.0 Å². The number of carboxylic acids is 1. The van der Waals surface area contributed by atoms with Gasteiger partial charge in [0.1, 0.15) is 5.54 Å². The lowest BCUT2D eigenvalue weighted by atomic mass is 9.76. The van der Waals surface area contributed by atoms with Crippen molar-refractivity contribution < 1.29 is 14.7 Å². The lowest BCUT2D eigenvalue weighted by Crippen LogP contribution is -2.56. The molecule has 20 heavy (non-hydrogen) atoms. The van der Waals surface area contributed by atoms with Crippen LogP contribution < -0.4 is 5.32 Å². The first-order valence-electron chi connectivity index (χ1n) is 6.60. The molecule has 1 saturated carbocycles. The summed E-state index contributed by atoms with van der Waals surface area (Å²) < 4.78 is 0. The number of carboxylic acid groups (broad SMARTS) is 1. The number of aliphatic carboxylic acids is 1. The molecule has 6 heteroatoms. The second-order valence-corrected chi connectivity index (χ2v) is 5.81. The number of hydrogen-bond acceptors (Lipinski definition) is 3. The van der Waals surface area contributed by atoms with Gasteiger partial charge in [0, 0.05) is 12.4 Å². The lowest BCUT2D eigenvalue weighted by Gasteiger charge is -2.37. The Hall–Kier alpha value is -1.62. The number of rotatable bonds is 3. The van der Waals surface area contributed by atoms with Gasteiger partial charge in [-0.2, -0.15) is 0 Å². The standard InChI is InChI=1S/C14H17ClN2O3/c1-9-3-2-5-14(7-9,13(19)20)17-12(18)10-8-16-6-4-11(10)15/h4,6,8-9H,2-3,5,7H2,1H3,(H,17,18)(H,19,20). The van der Waals surface area contributed by atoms with Crippen molar-refractivity contribution in [2.75, 3.05) is 0 Å². The molecule has 2 N–H and O–H groups in total. The first kappa shape index (κ1) is 14.8. The topological polar surface area (TPSA) is 79.3 Å². The molecule has 2 atom stereocenters. The second-order valence-electron chi connectivity index (χ2n) is 5.40. The summed E-state index contributed by atoms with van der Waals surface area (Å²) in [6, 6.07) is 1.51. The Kier molecular flexibility index (Phi) is 4.28. The average molecular weight is 297 g/mol. The third-order valence-corrected chi connectivity index (χ3v) is 4.10. The van der Waals surface area contributed by atoms with Gasteiger partial charge in [0.2, 0.25) is 0 Å². The van der Waals surface area contributed by atoms with E-state index in [4.69, 9.17) is 11.6 Å². The van der Waals surface area contributed by atoms with Crippen molar-refractivity contribution in [2.24, 2.45) is 5.92 Å². The molecule has 0 spiro atoms. The van der Waals surface area contributed by atoms with Gasteiger partial charge in [-0.05, 0) is 24.8 Å². The highest BCUT2D eigenvalue weighted by Crippen LogP contribution is 2.33. The van der Waals surface area contributed by atoms with Crippen LogP contribution in [0.15, 0.2) is 18.5 Å². The van der Waals surface area contributed by atoms with Gasteiger partial charge in [-0.15, -0.1) is 0 Å². The third-order valence-electron chi connectivity index (χ3n) is 3.77. The van der Waals surface area contributed by atoms with E-state index in [0.717, 1.165) is 12.8 Å². The zero-order chi connectivity index (χ0) is 14.8. The lowest BCUT2D eigenvalue weighted by molar-refractivity contribution is -0.146. The normalized spacial score (nSPS) is 26.0. The van der Waals surface area contributed by atoms with Gasteiger partial charge in [0.15, 0.2) is 0 Å². The van der Waals surface area contributed by atoms with Gasteiger partial charge in [-0.25, -0.2) is 4.79 Å². The smallest absolute Gasteiger partial charge is 0.329 e. The van der Waals surface area contributed by atoms with Crippen molar-refractivity contribution in [1.82, 2.24) is 10.3 Å². The monoisotopic (exact) mass is 296 g/mol. The number of carbonyl (C=O) groups is 2. The predicted octanol–water partition coefficient (Wildman–Crippen LogP) is 2.50. The second kappa shape index (κ2) is 5.79. The molecule has 1 aliphatic rings. The van der Waals surface area contributed by atoms with E-state index in [2.05, 4.69) is 10.3 Å². The van der Waals surface area contributed by atoms with Crippen molar-refractivity contribution in [3.63, 3.8) is 0 Å². The van der Waals surface area contributed by atoms with Gasteiger partial charge < -0.3 is 10.4 Å². The fraction of sp³-hybridized carbons (Fsp3) is 0.500. The number of halogens is 1. The fourth-order valence-corrected chi connectivity index (χ4v) is 2.93. The summed E-state index contributed by atoms with van der Waals surface area (Å²) in [5.41, 5.74) is -0.999. The van der Waals surface area contributed by atoms with Crippen LogP contribution in [0, 0.1) is 5.92 Å². The minimum Gasteiger partial charge on any atom is -0.480 e. The zero-order valence-corrected chi connectivity index (χ0v) is 12.0. The van der Waals surface area contributed by atoms with Gasteiger partial charge in [-0.3, -0.25) is 9.78 Å². The van der Waals surface area contributed by atoms with E-state index >= 15 is 0 Å². The maximum atomic E-state index is 12.3. The Morgan fingerprint density at radius 1 is 1.55 bits per heavy atom. The molecular weight excluding hydrogens is 280 g/mol. The Balaban J connectivity index is 2.23. The van der Waals surface area contributed by atoms with Gasteiger partial charge >= 0.3 is 5.97 Å². The molecule has 0 aromatic carbocycles. The van der Waals surface area contributed by atoms with Crippen LogP contribution >= 0.6 is 11.6 Å². The molecule has 1 fully saturated rings. The number of carbonyl (C=O) groups excluding carboxylic acids is 1. The van der Waals surface area contributed by atoms with E-state index in [-0.39, 0.29) is 16.5 Å². The Morgan fingerprint density at radius 2 is 2.30 bits per heavy atom. The van der Waals surface area contributed by atoms with E-state index in [1.54, 1.807) is 0 Å². The summed E-state index contributed by atoms with van der Waals surface area (Å²) in [6.45, 7) is 2.00. The number of nitrogens with one attached hydrogen (secondary N) is 1. The number of pyridine rings is 1. The third kappa shape index (κ3) is 2.93. The molecule has 0 saturated heterocycles. The molecule has 2 rings (SSSR count). The quantitative estimate of drug-likeness (QED) is 0.898. The highest BCUT2D eigenvalue weighted by Gasteiger charge is 2.43. The predicted molar refractivity (Wildman–Crippen MR) is 74.7 cm³/mol. The summed E-state index contributed by atoms with van der Waals surface area (Å²) in [7, 11) is 0. The van der Waals surface area contributed by atoms with Crippen molar-refractivity contribution >= 4 is 23.5 Å². The van der Waals surface area contributed by atoms with Crippen LogP contribution in [0.4, 0.5) is 0 Å². The van der Waals surface area contributed by atoms with E-state index in [0.29, 0.717) is 12.8 Å². The van der Waals surface area contributed by atoms with Crippen LogP contribution in [0.3, 0.4) is 0 Å². The van der Waals surface area contributed by atoms with Crippen LogP contribution in [-0.2, 0) is 4.79 Å². The Labute approximate surface area is 122 Å². The van der Waals surface area contributed by atoms with E-state index in [9.17, 15) is 14.7 Å². The minimum absolute atomic E-state index is 0.202. The summed E-state index contributed by atoms with van der Waals surface area (Å²) >= 11 is 5.94. The summed E-state index contributed by atoms with van der Waals surface area (Å²) in [4.78, 5) is 27.7. The SMILES string of the molecule is CC1CCCC(NC(=O)c2cnccc2Cl)(C(=O)O)C1. The molecule has 2 unspecified atom stereocenters. The highest BCUT2D eigenvalue weighted by molar-refractivity contribution is 6.33. The molecule has 1 heterocycles. The highest BCUT2D eigenvalue weighted by atomic mass is 35.5. The largest absolute Gasteiger partial charge is 0.480 e. The molecule has 1 aromatic heterocycles. The fourth-order valence-electron chi connectivity index (χ4n) is 2.74. The van der Waals surface area contributed by atoms with Gasteiger partial charge in [0.05, 0.1) is 10.6 Å². The van der Waals surface area contributed by atoms with Crippen molar-refractivity contribution in [2.45, 2.75) is 38.1 Å². The first-order chi connectivity index (χ1) is 9.44. The van der Waals surface area contributed by atoms with Crippen molar-refractivity contribution in [3.05, 3.63) is 29.0 Å². The van der Waals surface area contributed by atoms with E-state index in [1.165, 1.54) is 18.5 Å². The van der Waals surface area contributed by atoms with Crippen LogP contribution in [-0.4, -0.2) is 27.5 Å². The molecular formula is C14H17ClN2O3. The maximum absolute atomic E-state index is 12.3. The molecule has 1 aliphatic carbocycles. The van der Waals surface area contributed by atoms with Gasteiger partial charge in [0.25, 0.3) is 5.91 Å². The summed E-state index contributed by atoms with van der Waals surface area (Å²) in [5.74, 6) is -1.21. The Morgan fingerprint density at radius 3 is 2.90 bits per heavy atom. The molecule has 0 radical (unpaired) electrons. The molecule has 1 amide bonds. The molecule has 0 aliphatic heterocycles. The summed E-state index contributed by atoms with van der Waals surface area (Å²) in [5, 5.41) is 12.4. The maximum Gasteiger partial charge on any atom is 0.329 e. The molecule has 108 valence electrons. The van der Waals surface area contributed by atoms with Crippen molar-refractivity contribution in [1.29, 1.82) is 0 Å². The first-order valence-corrected chi connectivity index (χ1v) is 6.98. The van der Waals surface area contributed by atoms with E-state index < -0.39 is 17.4 Å². The average Bonchev–Trinajstić information content (AvgIpc) is 2.38. The Bertz CT molecular complexity index is 535. The number of hydrogen-bond donors (Lipinski definition) is 2. The minimum atomic E-state index is -1.20. The van der Waals surface area contributed by atoms with Crippen LogP contribution in [0.25, 0.3) is 0 Å².